The number of carbonyl (C=O) groups is 1. The number of carbonyl (C=O) groups excluding carboxylic acids is 1. The summed E-state index contributed by atoms with van der Waals surface area (Å²) in [6.07, 6.45) is 2.15. The highest BCUT2D eigenvalue weighted by atomic mass is 16.5. The zero-order valence-corrected chi connectivity index (χ0v) is 15.8. The fraction of sp³-hybridized carbons (Fsp3) is 0.300. The maximum Gasteiger partial charge on any atom is 0.332 e. The molecule has 2 rings (SSSR count). The van der Waals surface area contributed by atoms with Gasteiger partial charge in [-0.1, -0.05) is 23.8 Å². The molecule has 0 spiro atoms. The van der Waals surface area contributed by atoms with Crippen molar-refractivity contribution in [1.82, 2.24) is 5.43 Å². The fourth-order valence-electron chi connectivity index (χ4n) is 2.49. The molecule has 2 aromatic carbocycles. The highest BCUT2D eigenvalue weighted by Crippen LogP contribution is 2.30. The van der Waals surface area contributed by atoms with E-state index in [1.165, 1.54) is 11.8 Å². The molecule has 0 atom stereocenters. The van der Waals surface area contributed by atoms with Crippen molar-refractivity contribution in [2.24, 2.45) is 10.8 Å². The van der Waals surface area contributed by atoms with E-state index in [-0.39, 0.29) is 0 Å². The van der Waals surface area contributed by atoms with Crippen LogP contribution in [0.5, 0.6) is 17.2 Å². The fourth-order valence-corrected chi connectivity index (χ4v) is 2.49. The first kappa shape index (κ1) is 20.1. The van der Waals surface area contributed by atoms with Crippen LogP contribution in [0.25, 0.3) is 0 Å². The first-order chi connectivity index (χ1) is 13.0. The molecule has 0 fully saturated rings. The molecule has 0 saturated heterocycles. The summed E-state index contributed by atoms with van der Waals surface area (Å²) in [7, 11) is 1.56. The number of hydrogen-bond donors (Lipinski definition) is 2. The topological polar surface area (TPSA) is 95.2 Å². The molecule has 2 aromatic rings. The van der Waals surface area contributed by atoms with E-state index in [0.29, 0.717) is 36.7 Å². The molecule has 0 saturated carbocycles. The number of primary amides is 1. The number of ether oxygens (including phenoxy) is 3. The maximum atomic E-state index is 10.7. The maximum absolute atomic E-state index is 10.7. The Bertz CT molecular complexity index is 806. The summed E-state index contributed by atoms with van der Waals surface area (Å²) >= 11 is 0. The second-order valence-corrected chi connectivity index (χ2v) is 5.93. The Kier molecular flexibility index (Phi) is 7.49. The molecule has 0 radical (unpaired) electrons. The SMILES string of the molecule is COc1cccc(/C=N\NC(N)=O)c1OCCCOc1ccc(C)cc1C. The molecular formula is C20H25N3O4. The number of benzene rings is 2. The third kappa shape index (κ3) is 6.22. The molecule has 3 N–H and O–H groups in total. The molecular weight excluding hydrogens is 346 g/mol. The standard InChI is InChI=1S/C20H25N3O4/c1-14-8-9-17(15(2)12-14)26-10-5-11-27-19-16(13-22-23-20(21)24)6-4-7-18(19)25-3/h4,6-9,12-13H,5,10-11H2,1-3H3,(H3,21,23,24)/b22-13-. The summed E-state index contributed by atoms with van der Waals surface area (Å²) in [5.41, 5.74) is 10.1. The molecule has 27 heavy (non-hydrogen) atoms. The first-order valence-corrected chi connectivity index (χ1v) is 8.59. The lowest BCUT2D eigenvalue weighted by Crippen LogP contribution is -2.24. The number of hydrogen-bond acceptors (Lipinski definition) is 5. The number of amides is 2. The van der Waals surface area contributed by atoms with Crippen molar-refractivity contribution in [2.75, 3.05) is 20.3 Å². The summed E-state index contributed by atoms with van der Waals surface area (Å²) in [5, 5.41) is 3.77. The summed E-state index contributed by atoms with van der Waals surface area (Å²) in [6, 6.07) is 10.8. The van der Waals surface area contributed by atoms with E-state index in [1.807, 2.05) is 19.1 Å². The van der Waals surface area contributed by atoms with E-state index in [1.54, 1.807) is 25.3 Å². The van der Waals surface area contributed by atoms with Crippen LogP contribution in [0.1, 0.15) is 23.1 Å². The van der Waals surface area contributed by atoms with Gasteiger partial charge in [0.1, 0.15) is 5.75 Å². The normalized spacial score (nSPS) is 10.6. The van der Waals surface area contributed by atoms with Crippen molar-refractivity contribution in [2.45, 2.75) is 20.3 Å². The van der Waals surface area contributed by atoms with Gasteiger partial charge in [-0.15, -0.1) is 0 Å². The average Bonchev–Trinajstić information content (AvgIpc) is 2.63. The lowest BCUT2D eigenvalue weighted by molar-refractivity contribution is 0.239. The number of urea groups is 1. The summed E-state index contributed by atoms with van der Waals surface area (Å²) in [6.45, 7) is 5.05. The molecule has 144 valence electrons. The van der Waals surface area contributed by atoms with E-state index < -0.39 is 6.03 Å². The Labute approximate surface area is 159 Å². The van der Waals surface area contributed by atoms with E-state index in [0.717, 1.165) is 11.3 Å². The van der Waals surface area contributed by atoms with E-state index in [4.69, 9.17) is 19.9 Å². The Hall–Kier alpha value is -3.22. The predicted octanol–water partition coefficient (Wildman–Crippen LogP) is 3.16. The van der Waals surface area contributed by atoms with Crippen LogP contribution in [0, 0.1) is 13.8 Å². The van der Waals surface area contributed by atoms with Crippen LogP contribution in [0.15, 0.2) is 41.5 Å². The van der Waals surface area contributed by atoms with Gasteiger partial charge in [-0.05, 0) is 37.6 Å². The first-order valence-electron chi connectivity index (χ1n) is 8.59. The predicted molar refractivity (Wildman–Crippen MR) is 105 cm³/mol. The third-order valence-corrected chi connectivity index (χ3v) is 3.73. The average molecular weight is 371 g/mol. The molecule has 0 aliphatic rings. The van der Waals surface area contributed by atoms with Gasteiger partial charge in [-0.2, -0.15) is 5.10 Å². The minimum Gasteiger partial charge on any atom is -0.493 e. The molecule has 7 heteroatoms. The molecule has 0 unspecified atom stereocenters. The third-order valence-electron chi connectivity index (χ3n) is 3.73. The lowest BCUT2D eigenvalue weighted by atomic mass is 10.1. The van der Waals surface area contributed by atoms with Gasteiger partial charge >= 0.3 is 6.03 Å². The molecule has 0 aliphatic heterocycles. The van der Waals surface area contributed by atoms with E-state index in [2.05, 4.69) is 23.5 Å². The largest absolute Gasteiger partial charge is 0.493 e. The van der Waals surface area contributed by atoms with Crippen molar-refractivity contribution in [3.8, 4) is 17.2 Å². The summed E-state index contributed by atoms with van der Waals surface area (Å²) in [4.78, 5) is 10.7. The Morgan fingerprint density at radius 3 is 2.63 bits per heavy atom. The monoisotopic (exact) mass is 371 g/mol. The Balaban J connectivity index is 1.92. The summed E-state index contributed by atoms with van der Waals surface area (Å²) < 4.78 is 17.0. The van der Waals surface area contributed by atoms with Crippen LogP contribution >= 0.6 is 0 Å². The highest BCUT2D eigenvalue weighted by molar-refractivity contribution is 5.86. The minimum absolute atomic E-state index is 0.440. The van der Waals surface area contributed by atoms with Gasteiger partial charge in [0.25, 0.3) is 0 Å². The summed E-state index contributed by atoms with van der Waals surface area (Å²) in [5.74, 6) is 2.00. The number of aryl methyl sites for hydroxylation is 2. The van der Waals surface area contributed by atoms with Gasteiger partial charge in [-0.3, -0.25) is 0 Å². The van der Waals surface area contributed by atoms with E-state index in [9.17, 15) is 4.79 Å². The van der Waals surface area contributed by atoms with Crippen LogP contribution in [0.4, 0.5) is 4.79 Å². The van der Waals surface area contributed by atoms with E-state index >= 15 is 0 Å². The number of methoxy groups -OCH3 is 1. The number of hydrazone groups is 1. The number of nitrogens with zero attached hydrogens (tertiary/aromatic N) is 1. The van der Waals surface area contributed by atoms with Gasteiger partial charge in [0.15, 0.2) is 11.5 Å². The van der Waals surface area contributed by atoms with Crippen LogP contribution in [-0.2, 0) is 0 Å². The zero-order chi connectivity index (χ0) is 19.6. The Morgan fingerprint density at radius 2 is 1.93 bits per heavy atom. The number of rotatable bonds is 9. The molecule has 2 amide bonds. The van der Waals surface area contributed by atoms with Crippen molar-refractivity contribution in [1.29, 1.82) is 0 Å². The smallest absolute Gasteiger partial charge is 0.332 e. The van der Waals surface area contributed by atoms with Crippen LogP contribution < -0.4 is 25.4 Å². The van der Waals surface area contributed by atoms with Crippen molar-refractivity contribution >= 4 is 12.2 Å². The van der Waals surface area contributed by atoms with Crippen molar-refractivity contribution in [3.63, 3.8) is 0 Å². The van der Waals surface area contributed by atoms with Gasteiger partial charge in [0, 0.05) is 12.0 Å². The second-order valence-electron chi connectivity index (χ2n) is 5.93. The molecule has 0 aliphatic carbocycles. The number of para-hydroxylation sites is 1. The van der Waals surface area contributed by atoms with Gasteiger partial charge in [0.2, 0.25) is 0 Å². The second kappa shape index (κ2) is 10.1. The minimum atomic E-state index is -0.736. The van der Waals surface area contributed by atoms with Gasteiger partial charge in [-0.25, -0.2) is 10.2 Å². The van der Waals surface area contributed by atoms with Crippen LogP contribution in [0.3, 0.4) is 0 Å². The van der Waals surface area contributed by atoms with Crippen molar-refractivity contribution < 1.29 is 19.0 Å². The number of nitrogens with two attached hydrogens (primary N) is 1. The Morgan fingerprint density at radius 1 is 1.15 bits per heavy atom. The zero-order valence-electron chi connectivity index (χ0n) is 15.8. The van der Waals surface area contributed by atoms with Crippen LogP contribution in [0.2, 0.25) is 0 Å². The lowest BCUT2D eigenvalue weighted by Gasteiger charge is -2.14. The number of nitrogens with one attached hydrogen (secondary N) is 1. The molecule has 0 aromatic heterocycles. The molecule has 0 heterocycles. The van der Waals surface area contributed by atoms with Crippen LogP contribution in [-0.4, -0.2) is 32.6 Å². The molecule has 7 nitrogen and oxygen atoms in total. The van der Waals surface area contributed by atoms with Gasteiger partial charge < -0.3 is 19.9 Å². The quantitative estimate of drug-likeness (QED) is 0.402. The highest BCUT2D eigenvalue weighted by Gasteiger charge is 2.09. The van der Waals surface area contributed by atoms with Gasteiger partial charge in [0.05, 0.1) is 26.5 Å². The van der Waals surface area contributed by atoms with Crippen molar-refractivity contribution in [3.05, 3.63) is 53.1 Å². The molecule has 0 bridgehead atoms.